The number of phenols is 1. The summed E-state index contributed by atoms with van der Waals surface area (Å²) >= 11 is 0. The molecule has 3 N–H and O–H groups in total. The van der Waals surface area contributed by atoms with Crippen molar-refractivity contribution in [3.8, 4) is 5.75 Å². The molecule has 0 heterocycles. The summed E-state index contributed by atoms with van der Waals surface area (Å²) < 4.78 is 0. The Labute approximate surface area is 279 Å². The van der Waals surface area contributed by atoms with Crippen LogP contribution >= 0.6 is 0 Å². The van der Waals surface area contributed by atoms with E-state index in [9.17, 15) is 14.7 Å². The average molecular weight is 631 g/mol. The molecule has 254 valence electrons. The molecule has 1 amide bonds. The second-order valence-corrected chi connectivity index (χ2v) is 15.3. The molecule has 5 heteroatoms. The third-order valence-corrected chi connectivity index (χ3v) is 12.3. The molecule has 0 saturated heterocycles. The number of nitrogens with one attached hydrogen (secondary N) is 2. The number of hydrogen-bond acceptors (Lipinski definition) is 4. The highest BCUT2D eigenvalue weighted by atomic mass is 16.3. The summed E-state index contributed by atoms with van der Waals surface area (Å²) in [5.41, 5.74) is 6.70. The first-order valence-electron chi connectivity index (χ1n) is 18.3. The number of hydrogen-bond donors (Lipinski definition) is 3. The van der Waals surface area contributed by atoms with E-state index in [1.807, 2.05) is 26.8 Å². The number of anilines is 1. The molecule has 2 aromatic carbocycles. The Kier molecular flexibility index (Phi) is 11.4. The summed E-state index contributed by atoms with van der Waals surface area (Å²) in [7, 11) is 1.74. The Morgan fingerprint density at radius 2 is 1.50 bits per heavy atom. The van der Waals surface area contributed by atoms with Crippen molar-refractivity contribution in [2.45, 2.75) is 143 Å². The average Bonchev–Trinajstić information content (AvgIpc) is 3.04. The second-order valence-electron chi connectivity index (χ2n) is 15.3. The van der Waals surface area contributed by atoms with Gasteiger partial charge in [-0.25, -0.2) is 0 Å². The number of benzene rings is 2. The summed E-state index contributed by atoms with van der Waals surface area (Å²) in [6, 6.07) is 13.1. The van der Waals surface area contributed by atoms with Crippen molar-refractivity contribution in [2.24, 2.45) is 23.2 Å². The number of aromatic hydroxyl groups is 1. The minimum Gasteiger partial charge on any atom is -0.508 e. The number of phenolic OH excluding ortho intramolecular Hbond substituents is 1. The molecule has 4 aliphatic carbocycles. The molecule has 4 aliphatic rings. The van der Waals surface area contributed by atoms with Crippen LogP contribution < -0.4 is 10.6 Å². The zero-order valence-electron chi connectivity index (χ0n) is 30.3. The van der Waals surface area contributed by atoms with Crippen molar-refractivity contribution >= 4 is 17.4 Å². The van der Waals surface area contributed by atoms with Crippen molar-refractivity contribution in [1.29, 1.82) is 0 Å². The summed E-state index contributed by atoms with van der Waals surface area (Å²) in [4.78, 5) is 25.0. The summed E-state index contributed by atoms with van der Waals surface area (Å²) in [6.07, 6.45) is 11.7. The van der Waals surface area contributed by atoms with Crippen LogP contribution in [-0.2, 0) is 33.3 Å². The van der Waals surface area contributed by atoms with Gasteiger partial charge >= 0.3 is 0 Å². The van der Waals surface area contributed by atoms with E-state index < -0.39 is 0 Å². The van der Waals surface area contributed by atoms with Crippen molar-refractivity contribution in [3.63, 3.8) is 0 Å². The van der Waals surface area contributed by atoms with Crippen LogP contribution in [0.5, 0.6) is 5.75 Å². The highest BCUT2D eigenvalue weighted by Gasteiger charge is 2.55. The standard InChI is InChI=1S/C21H31NO.C18H25NO2.C2H6/c1-5-20(23)17-7-6-12-21(4)18(17)11-9-15-8-10-16(13-19(15)21)22-14(2)3;1-17-9-4-10-18(2,16(21)19-3)15(17)8-6-12-5-7-13(20)11-14(12)17;1-2/h8,10,13-14,17-18,22H,5-7,9,11-12H2,1-4H3;5,7,11,15,20H,4,6,8-10H2,1-3H3,(H,19,21);1-2H3/t;15?,17?,18-;/m.0./s1. The lowest BCUT2D eigenvalue weighted by Crippen LogP contribution is -2.54. The molecule has 2 saturated carbocycles. The first-order chi connectivity index (χ1) is 21.9. The fourth-order valence-electron chi connectivity index (χ4n) is 10.1. The number of fused-ring (bicyclic) bond motifs is 6. The van der Waals surface area contributed by atoms with E-state index in [0.29, 0.717) is 35.8 Å². The van der Waals surface area contributed by atoms with Gasteiger partial charge < -0.3 is 15.7 Å². The summed E-state index contributed by atoms with van der Waals surface area (Å²) in [6.45, 7) is 17.2. The number of amides is 1. The molecule has 0 spiro atoms. The van der Waals surface area contributed by atoms with Crippen LogP contribution in [0, 0.1) is 23.2 Å². The Morgan fingerprint density at radius 1 is 0.870 bits per heavy atom. The first-order valence-corrected chi connectivity index (χ1v) is 18.3. The second kappa shape index (κ2) is 14.5. The Hall–Kier alpha value is -2.82. The zero-order chi connectivity index (χ0) is 33.9. The number of rotatable bonds is 5. The lowest BCUT2D eigenvalue weighted by molar-refractivity contribution is -0.138. The van der Waals surface area contributed by atoms with Crippen LogP contribution in [-0.4, -0.2) is 29.9 Å². The van der Waals surface area contributed by atoms with Gasteiger partial charge in [-0.3, -0.25) is 9.59 Å². The van der Waals surface area contributed by atoms with Crippen molar-refractivity contribution in [3.05, 3.63) is 58.7 Å². The predicted molar refractivity (Wildman–Crippen MR) is 192 cm³/mol. The van der Waals surface area contributed by atoms with E-state index in [4.69, 9.17) is 0 Å². The zero-order valence-corrected chi connectivity index (χ0v) is 30.3. The van der Waals surface area contributed by atoms with Crippen molar-refractivity contribution in [2.75, 3.05) is 12.4 Å². The minimum atomic E-state index is -0.301. The van der Waals surface area contributed by atoms with Gasteiger partial charge in [0.25, 0.3) is 0 Å². The molecule has 5 unspecified atom stereocenters. The Morgan fingerprint density at radius 3 is 2.15 bits per heavy atom. The van der Waals surface area contributed by atoms with Gasteiger partial charge in [0.15, 0.2) is 0 Å². The predicted octanol–water partition coefficient (Wildman–Crippen LogP) is 9.28. The Bertz CT molecular complexity index is 1380. The fraction of sp³-hybridized carbons (Fsp3) is 0.659. The van der Waals surface area contributed by atoms with Gasteiger partial charge in [0.05, 0.1) is 5.41 Å². The molecule has 0 bridgehead atoms. The highest BCUT2D eigenvalue weighted by Crippen LogP contribution is 2.58. The minimum absolute atomic E-state index is 0.00810. The fourth-order valence-corrected chi connectivity index (χ4v) is 10.1. The number of carbonyl (C=O) groups excluding carboxylic acids is 2. The molecule has 0 aliphatic heterocycles. The lowest BCUT2D eigenvalue weighted by atomic mass is 9.49. The van der Waals surface area contributed by atoms with Gasteiger partial charge in [0.2, 0.25) is 5.91 Å². The quantitative estimate of drug-likeness (QED) is 0.308. The monoisotopic (exact) mass is 630 g/mol. The van der Waals surface area contributed by atoms with E-state index in [0.717, 1.165) is 44.9 Å². The maximum absolute atomic E-state index is 12.5. The highest BCUT2D eigenvalue weighted by molar-refractivity contribution is 5.83. The summed E-state index contributed by atoms with van der Waals surface area (Å²) in [5.74, 6) is 2.15. The van der Waals surface area contributed by atoms with Gasteiger partial charge in [-0.1, -0.05) is 66.5 Å². The first kappa shape index (κ1) is 36.0. The molecular weight excluding hydrogens is 568 g/mol. The number of aryl methyl sites for hydroxylation is 2. The SMILES string of the molecule is CC.CCC(=O)C1CCCC2(C)c3cc(NC(C)C)ccc3CCC12.CNC(=O)[C@@]1(C)CCCC2(C)c3cc(O)ccc3CCC21. The van der Waals surface area contributed by atoms with Crippen LogP contribution in [0.3, 0.4) is 0 Å². The normalized spacial score (nSPS) is 30.9. The number of ketones is 1. The van der Waals surface area contributed by atoms with Crippen LogP contribution in [0.25, 0.3) is 0 Å². The van der Waals surface area contributed by atoms with Crippen molar-refractivity contribution in [1.82, 2.24) is 5.32 Å². The van der Waals surface area contributed by atoms with Gasteiger partial charge in [-0.15, -0.1) is 0 Å². The molecule has 2 aromatic rings. The van der Waals surface area contributed by atoms with Crippen LogP contribution in [0.2, 0.25) is 0 Å². The van der Waals surface area contributed by atoms with Gasteiger partial charge in [0, 0.05) is 31.1 Å². The lowest BCUT2D eigenvalue weighted by Gasteiger charge is -2.54. The molecule has 5 nitrogen and oxygen atoms in total. The third-order valence-electron chi connectivity index (χ3n) is 12.3. The molecule has 6 atom stereocenters. The molecule has 46 heavy (non-hydrogen) atoms. The molecule has 0 aromatic heterocycles. The van der Waals surface area contributed by atoms with E-state index >= 15 is 0 Å². The van der Waals surface area contributed by atoms with Crippen molar-refractivity contribution < 1.29 is 14.7 Å². The number of carbonyl (C=O) groups is 2. The largest absolute Gasteiger partial charge is 0.508 e. The third kappa shape index (κ3) is 6.62. The van der Waals surface area contributed by atoms with Crippen LogP contribution in [0.4, 0.5) is 5.69 Å². The molecule has 2 fully saturated rings. The maximum Gasteiger partial charge on any atom is 0.225 e. The topological polar surface area (TPSA) is 78.4 Å². The van der Waals surface area contributed by atoms with Gasteiger partial charge in [0.1, 0.15) is 11.5 Å². The van der Waals surface area contributed by atoms with E-state index in [-0.39, 0.29) is 28.1 Å². The molecular formula is C41H62N2O3. The summed E-state index contributed by atoms with van der Waals surface area (Å²) in [5, 5.41) is 16.3. The van der Waals surface area contributed by atoms with Crippen LogP contribution in [0.1, 0.15) is 135 Å². The molecule has 6 rings (SSSR count). The number of Topliss-reactive ketones (excluding diaryl/α,β-unsaturated/α-hetero) is 1. The smallest absolute Gasteiger partial charge is 0.225 e. The maximum atomic E-state index is 12.5. The van der Waals surface area contributed by atoms with Gasteiger partial charge in [-0.2, -0.15) is 0 Å². The van der Waals surface area contributed by atoms with Crippen LogP contribution in [0.15, 0.2) is 36.4 Å². The Balaban J connectivity index is 0.000000199. The van der Waals surface area contributed by atoms with E-state index in [1.165, 1.54) is 47.2 Å². The van der Waals surface area contributed by atoms with Gasteiger partial charge in [-0.05, 0) is 134 Å². The van der Waals surface area contributed by atoms with E-state index in [2.05, 4.69) is 69.5 Å². The van der Waals surface area contributed by atoms with E-state index in [1.54, 1.807) is 13.1 Å². The molecule has 0 radical (unpaired) electrons.